The van der Waals surface area contributed by atoms with Gasteiger partial charge in [0, 0.05) is 0 Å². The largest absolute Gasteiger partial charge is 0.743 e. The van der Waals surface area contributed by atoms with Crippen LogP contribution in [0.3, 0.4) is 0 Å². The first kappa shape index (κ1) is 19.7. The van der Waals surface area contributed by atoms with Gasteiger partial charge in [-0.1, -0.05) is 13.8 Å². The van der Waals surface area contributed by atoms with E-state index in [9.17, 15) is 31.3 Å². The molecule has 10 heteroatoms. The number of carbonyl (C=O) groups is 2. The van der Waals surface area contributed by atoms with Gasteiger partial charge < -0.3 is 14.0 Å². The summed E-state index contributed by atoms with van der Waals surface area (Å²) in [6.45, 7) is 5.47. The summed E-state index contributed by atoms with van der Waals surface area (Å²) in [7, 11) is -6.16. The highest BCUT2D eigenvalue weighted by Crippen LogP contribution is 2.27. The molecule has 0 rings (SSSR count). The van der Waals surface area contributed by atoms with Crippen molar-refractivity contribution in [3.63, 3.8) is 0 Å². The number of carbonyl (C=O) groups excluding carboxylic acids is 2. The van der Waals surface area contributed by atoms with Crippen LogP contribution in [-0.4, -0.2) is 43.4 Å². The molecule has 0 aliphatic carbocycles. The van der Waals surface area contributed by atoms with Crippen LogP contribution in [0.4, 0.5) is 8.78 Å². The molecule has 124 valence electrons. The zero-order valence-corrected chi connectivity index (χ0v) is 12.8. The molecule has 0 spiro atoms. The fourth-order valence-corrected chi connectivity index (χ4v) is 1.14. The highest BCUT2D eigenvalue weighted by molar-refractivity contribution is 7.87. The molecule has 0 amide bonds. The van der Waals surface area contributed by atoms with Crippen LogP contribution in [0.25, 0.3) is 0 Å². The van der Waals surface area contributed by atoms with Gasteiger partial charge in [0.25, 0.3) is 0 Å². The Bertz CT molecular complexity index is 497. The zero-order chi connectivity index (χ0) is 17.1. The molecule has 0 heterocycles. The summed E-state index contributed by atoms with van der Waals surface area (Å²) in [5.74, 6) is -3.18. The van der Waals surface area contributed by atoms with Crippen LogP contribution < -0.4 is 0 Å². The topological polar surface area (TPSA) is 110 Å². The average Bonchev–Trinajstić information content (AvgIpc) is 2.31. The number of hydrogen-bond acceptors (Lipinski definition) is 7. The summed E-state index contributed by atoms with van der Waals surface area (Å²) in [6, 6.07) is 0. The van der Waals surface area contributed by atoms with Crippen molar-refractivity contribution in [3.8, 4) is 0 Å². The molecule has 0 aromatic rings. The molecular formula is C11H17F2O7S-. The third-order valence-corrected chi connectivity index (χ3v) is 3.87. The molecule has 0 unspecified atom stereocenters. The minimum absolute atomic E-state index is 0.0533. The lowest BCUT2D eigenvalue weighted by Crippen LogP contribution is -2.39. The van der Waals surface area contributed by atoms with Crippen molar-refractivity contribution in [1.29, 1.82) is 0 Å². The molecule has 0 N–H and O–H groups in total. The second kappa shape index (κ2) is 6.65. The van der Waals surface area contributed by atoms with Gasteiger partial charge in [-0.3, -0.25) is 4.79 Å². The maximum absolute atomic E-state index is 12.7. The SMILES string of the molecule is CC(C)C(C)(C)C(=O)OCCOC(=O)C(F)(F)S(=O)(=O)[O-]. The second-order valence-electron chi connectivity index (χ2n) is 5.12. The van der Waals surface area contributed by atoms with Gasteiger partial charge >= 0.3 is 17.2 Å². The smallest absolute Gasteiger partial charge is 0.428 e. The number of halogens is 2. The van der Waals surface area contributed by atoms with Crippen molar-refractivity contribution in [2.75, 3.05) is 13.2 Å². The van der Waals surface area contributed by atoms with Crippen LogP contribution in [0.2, 0.25) is 0 Å². The molecule has 0 atom stereocenters. The predicted molar refractivity (Wildman–Crippen MR) is 65.2 cm³/mol. The minimum atomic E-state index is -6.16. The summed E-state index contributed by atoms with van der Waals surface area (Å²) in [5.41, 5.74) is -0.827. The Morgan fingerprint density at radius 2 is 1.48 bits per heavy atom. The summed E-state index contributed by atoms with van der Waals surface area (Å²) in [4.78, 5) is 22.4. The van der Waals surface area contributed by atoms with Gasteiger partial charge in [-0.15, -0.1) is 0 Å². The van der Waals surface area contributed by atoms with E-state index in [2.05, 4.69) is 4.74 Å². The van der Waals surface area contributed by atoms with Crippen LogP contribution in [0.1, 0.15) is 27.7 Å². The van der Waals surface area contributed by atoms with E-state index < -0.39 is 45.9 Å². The Morgan fingerprint density at radius 1 is 1.10 bits per heavy atom. The molecule has 0 aliphatic rings. The quantitative estimate of drug-likeness (QED) is 0.387. The van der Waals surface area contributed by atoms with E-state index in [-0.39, 0.29) is 5.92 Å². The fourth-order valence-electron chi connectivity index (χ4n) is 0.877. The van der Waals surface area contributed by atoms with E-state index in [0.29, 0.717) is 0 Å². The number of hydrogen-bond donors (Lipinski definition) is 0. The van der Waals surface area contributed by atoms with Crippen molar-refractivity contribution in [1.82, 2.24) is 0 Å². The highest BCUT2D eigenvalue weighted by atomic mass is 32.2. The van der Waals surface area contributed by atoms with Crippen molar-refractivity contribution in [2.24, 2.45) is 11.3 Å². The normalized spacial score (nSPS) is 13.1. The van der Waals surface area contributed by atoms with E-state index in [4.69, 9.17) is 4.74 Å². The Hall–Kier alpha value is -1.29. The van der Waals surface area contributed by atoms with Crippen LogP contribution in [0, 0.1) is 11.3 Å². The van der Waals surface area contributed by atoms with Gasteiger partial charge in [-0.25, -0.2) is 13.2 Å². The summed E-state index contributed by atoms with van der Waals surface area (Å²) in [5, 5.41) is -5.17. The molecule has 21 heavy (non-hydrogen) atoms. The third kappa shape index (κ3) is 4.88. The van der Waals surface area contributed by atoms with Gasteiger partial charge in [0.2, 0.25) is 0 Å². The molecule has 0 aromatic carbocycles. The lowest BCUT2D eigenvalue weighted by molar-refractivity contribution is -0.168. The first-order valence-electron chi connectivity index (χ1n) is 5.92. The molecule has 0 aromatic heterocycles. The Labute approximate surface area is 121 Å². The second-order valence-corrected chi connectivity index (χ2v) is 6.54. The van der Waals surface area contributed by atoms with E-state index in [1.54, 1.807) is 27.7 Å². The minimum Gasteiger partial charge on any atom is -0.743 e. The zero-order valence-electron chi connectivity index (χ0n) is 12.0. The highest BCUT2D eigenvalue weighted by Gasteiger charge is 2.48. The van der Waals surface area contributed by atoms with Crippen molar-refractivity contribution in [3.05, 3.63) is 0 Å². The van der Waals surface area contributed by atoms with Crippen molar-refractivity contribution in [2.45, 2.75) is 32.9 Å². The number of esters is 2. The first-order chi connectivity index (χ1) is 9.24. The van der Waals surface area contributed by atoms with Gasteiger partial charge in [0.05, 0.1) is 5.41 Å². The van der Waals surface area contributed by atoms with E-state index in [1.165, 1.54) is 0 Å². The predicted octanol–water partition coefficient (Wildman–Crippen LogP) is 0.893. The van der Waals surface area contributed by atoms with Crippen LogP contribution in [0.15, 0.2) is 0 Å². The van der Waals surface area contributed by atoms with Gasteiger partial charge in [0.15, 0.2) is 10.1 Å². The summed E-state index contributed by atoms with van der Waals surface area (Å²) in [6.07, 6.45) is 0. The van der Waals surface area contributed by atoms with E-state index in [1.807, 2.05) is 0 Å². The number of alkyl halides is 2. The van der Waals surface area contributed by atoms with Crippen molar-refractivity contribution < 1.29 is 40.8 Å². The van der Waals surface area contributed by atoms with Crippen LogP contribution in [-0.2, 0) is 29.2 Å². The molecular weight excluding hydrogens is 314 g/mol. The molecule has 0 aliphatic heterocycles. The van der Waals surface area contributed by atoms with Gasteiger partial charge in [0.1, 0.15) is 13.2 Å². The monoisotopic (exact) mass is 331 g/mol. The molecule has 0 bridgehead atoms. The molecule has 0 radical (unpaired) electrons. The van der Waals surface area contributed by atoms with Crippen molar-refractivity contribution >= 4 is 22.1 Å². The Morgan fingerprint density at radius 3 is 1.81 bits per heavy atom. The maximum Gasteiger partial charge on any atom is 0.428 e. The first-order valence-corrected chi connectivity index (χ1v) is 7.33. The van der Waals surface area contributed by atoms with Gasteiger partial charge in [-0.2, -0.15) is 8.78 Å². The number of rotatable bonds is 7. The average molecular weight is 331 g/mol. The van der Waals surface area contributed by atoms with Gasteiger partial charge in [-0.05, 0) is 19.8 Å². The molecule has 7 nitrogen and oxygen atoms in total. The van der Waals surface area contributed by atoms with Crippen LogP contribution in [0.5, 0.6) is 0 Å². The Kier molecular flexibility index (Phi) is 6.24. The Balaban J connectivity index is 4.37. The fraction of sp³-hybridized carbons (Fsp3) is 0.818. The maximum atomic E-state index is 12.7. The molecule has 0 fully saturated rings. The lowest BCUT2D eigenvalue weighted by atomic mass is 9.81. The third-order valence-electron chi connectivity index (χ3n) is 3.07. The summed E-state index contributed by atoms with van der Waals surface area (Å²) < 4.78 is 64.5. The number of ether oxygens (including phenoxy) is 2. The van der Waals surface area contributed by atoms with E-state index >= 15 is 0 Å². The summed E-state index contributed by atoms with van der Waals surface area (Å²) >= 11 is 0. The van der Waals surface area contributed by atoms with Crippen LogP contribution >= 0.6 is 0 Å². The van der Waals surface area contributed by atoms with E-state index in [0.717, 1.165) is 0 Å². The molecule has 0 saturated carbocycles. The standard InChI is InChI=1S/C11H18F2O7S/c1-7(2)10(3,4)8(14)19-5-6-20-9(15)11(12,13)21(16,17)18/h7H,5-6H2,1-4H3,(H,16,17,18)/p-1. The lowest BCUT2D eigenvalue weighted by Gasteiger charge is -2.26. The molecule has 0 saturated heterocycles.